The van der Waals surface area contributed by atoms with Crippen molar-refractivity contribution in [3.8, 4) is 11.5 Å². The zero-order valence-corrected chi connectivity index (χ0v) is 19.0. The Kier molecular flexibility index (Phi) is 6.72. The molecule has 2 aromatic rings. The third-order valence-corrected chi connectivity index (χ3v) is 5.67. The summed E-state index contributed by atoms with van der Waals surface area (Å²) in [5, 5.41) is 5.46. The molecule has 1 heterocycles. The van der Waals surface area contributed by atoms with E-state index in [0.29, 0.717) is 23.0 Å². The summed E-state index contributed by atoms with van der Waals surface area (Å²) in [6, 6.07) is 12.3. The molecule has 1 saturated heterocycles. The van der Waals surface area contributed by atoms with Crippen LogP contribution in [0.2, 0.25) is 0 Å². The van der Waals surface area contributed by atoms with E-state index in [4.69, 9.17) is 9.47 Å². The minimum atomic E-state index is -1.21. The van der Waals surface area contributed by atoms with Gasteiger partial charge < -0.3 is 20.1 Å². The molecule has 4 amide bonds. The average Bonchev–Trinajstić information content (AvgIpc) is 3.01. The van der Waals surface area contributed by atoms with Crippen molar-refractivity contribution in [1.29, 1.82) is 0 Å². The molecule has 0 spiro atoms. The highest BCUT2D eigenvalue weighted by molar-refractivity contribution is 6.09. The maximum Gasteiger partial charge on any atom is 0.325 e. The number of methoxy groups -OCH3 is 2. The lowest BCUT2D eigenvalue weighted by Gasteiger charge is -2.22. The van der Waals surface area contributed by atoms with Gasteiger partial charge in [0.15, 0.2) is 11.5 Å². The smallest absolute Gasteiger partial charge is 0.325 e. The summed E-state index contributed by atoms with van der Waals surface area (Å²) in [6.07, 6.45) is 0. The van der Waals surface area contributed by atoms with Gasteiger partial charge in [-0.25, -0.2) is 4.79 Å². The molecule has 1 unspecified atom stereocenters. The van der Waals surface area contributed by atoms with E-state index in [-0.39, 0.29) is 13.1 Å². The minimum Gasteiger partial charge on any atom is -0.493 e. The second-order valence-corrected chi connectivity index (χ2v) is 8.19. The van der Waals surface area contributed by atoms with Crippen LogP contribution in [0.15, 0.2) is 42.5 Å². The van der Waals surface area contributed by atoms with Crippen LogP contribution in [0.1, 0.15) is 43.4 Å². The Morgan fingerprint density at radius 3 is 2.31 bits per heavy atom. The van der Waals surface area contributed by atoms with Gasteiger partial charge in [0.2, 0.25) is 5.91 Å². The number of rotatable bonds is 8. The molecule has 2 aromatic carbocycles. The molecular formula is C24H29N3O5. The molecule has 2 N–H and O–H groups in total. The summed E-state index contributed by atoms with van der Waals surface area (Å²) in [5.41, 5.74) is 1.40. The molecule has 8 heteroatoms. The number of carbonyl (C=O) groups is 3. The Morgan fingerprint density at radius 2 is 1.72 bits per heavy atom. The number of carbonyl (C=O) groups excluding carboxylic acids is 3. The van der Waals surface area contributed by atoms with E-state index >= 15 is 0 Å². The van der Waals surface area contributed by atoms with Crippen molar-refractivity contribution < 1.29 is 23.9 Å². The first kappa shape index (κ1) is 23.1. The van der Waals surface area contributed by atoms with Crippen LogP contribution in [0, 0.1) is 0 Å². The Bertz CT molecular complexity index is 1020. The first-order chi connectivity index (χ1) is 15.2. The molecule has 1 aliphatic heterocycles. The molecule has 0 radical (unpaired) electrons. The number of amides is 4. The van der Waals surface area contributed by atoms with Gasteiger partial charge in [0.1, 0.15) is 12.1 Å². The van der Waals surface area contributed by atoms with Gasteiger partial charge in [-0.3, -0.25) is 14.5 Å². The van der Waals surface area contributed by atoms with E-state index in [2.05, 4.69) is 24.5 Å². The number of urea groups is 1. The van der Waals surface area contributed by atoms with Crippen molar-refractivity contribution >= 4 is 17.8 Å². The van der Waals surface area contributed by atoms with Gasteiger partial charge in [-0.2, -0.15) is 0 Å². The zero-order chi connectivity index (χ0) is 23.5. The van der Waals surface area contributed by atoms with E-state index in [9.17, 15) is 14.4 Å². The van der Waals surface area contributed by atoms with Crippen LogP contribution < -0.4 is 20.1 Å². The number of benzene rings is 2. The molecule has 8 nitrogen and oxygen atoms in total. The van der Waals surface area contributed by atoms with Gasteiger partial charge in [-0.1, -0.05) is 44.2 Å². The van der Waals surface area contributed by atoms with Crippen LogP contribution >= 0.6 is 0 Å². The van der Waals surface area contributed by atoms with Crippen molar-refractivity contribution in [3.05, 3.63) is 59.2 Å². The Labute approximate surface area is 187 Å². The predicted molar refractivity (Wildman–Crippen MR) is 120 cm³/mol. The maximum absolute atomic E-state index is 13.1. The topological polar surface area (TPSA) is 97.0 Å². The fraction of sp³-hybridized carbons (Fsp3) is 0.375. The molecule has 0 bridgehead atoms. The summed E-state index contributed by atoms with van der Waals surface area (Å²) in [5.74, 6) is 0.593. The van der Waals surface area contributed by atoms with E-state index in [1.165, 1.54) is 7.11 Å². The van der Waals surface area contributed by atoms with Gasteiger partial charge in [0.05, 0.1) is 14.2 Å². The summed E-state index contributed by atoms with van der Waals surface area (Å²) < 4.78 is 10.5. The van der Waals surface area contributed by atoms with Gasteiger partial charge >= 0.3 is 6.03 Å². The SMILES string of the molecule is COc1ccc(CNC(=O)CN2C(=O)NC(C)(c3ccc(C(C)C)cc3)C2=O)cc1OC. The van der Waals surface area contributed by atoms with E-state index < -0.39 is 23.4 Å². The number of nitrogens with zero attached hydrogens (tertiary/aromatic N) is 1. The quantitative estimate of drug-likeness (QED) is 0.617. The van der Waals surface area contributed by atoms with Gasteiger partial charge in [-0.05, 0) is 41.7 Å². The van der Waals surface area contributed by atoms with Crippen molar-refractivity contribution in [2.75, 3.05) is 20.8 Å². The van der Waals surface area contributed by atoms with Gasteiger partial charge in [-0.15, -0.1) is 0 Å². The fourth-order valence-electron chi connectivity index (χ4n) is 3.63. The highest BCUT2D eigenvalue weighted by atomic mass is 16.5. The van der Waals surface area contributed by atoms with Crippen molar-refractivity contribution in [3.63, 3.8) is 0 Å². The van der Waals surface area contributed by atoms with E-state index in [0.717, 1.165) is 16.0 Å². The largest absolute Gasteiger partial charge is 0.493 e. The zero-order valence-electron chi connectivity index (χ0n) is 19.0. The second kappa shape index (κ2) is 9.30. The molecular weight excluding hydrogens is 410 g/mol. The Morgan fingerprint density at radius 1 is 1.06 bits per heavy atom. The van der Waals surface area contributed by atoms with E-state index in [1.807, 2.05) is 24.3 Å². The standard InChI is InChI=1S/C24H29N3O5/c1-15(2)17-7-9-18(10-8-17)24(3)22(29)27(23(30)26-24)14-21(28)25-13-16-6-11-19(31-4)20(12-16)32-5/h6-12,15H,13-14H2,1-5H3,(H,25,28)(H,26,30). The summed E-state index contributed by atoms with van der Waals surface area (Å²) in [4.78, 5) is 39.0. The number of hydrogen-bond acceptors (Lipinski definition) is 5. The maximum atomic E-state index is 13.1. The van der Waals surface area contributed by atoms with Crippen LogP contribution in [0.25, 0.3) is 0 Å². The first-order valence-electron chi connectivity index (χ1n) is 10.4. The molecule has 0 saturated carbocycles. The van der Waals surface area contributed by atoms with Crippen molar-refractivity contribution in [1.82, 2.24) is 15.5 Å². The lowest BCUT2D eigenvalue weighted by Crippen LogP contribution is -2.43. The monoisotopic (exact) mass is 439 g/mol. The summed E-state index contributed by atoms with van der Waals surface area (Å²) in [6.45, 7) is 5.68. The van der Waals surface area contributed by atoms with Gasteiger partial charge in [0, 0.05) is 6.54 Å². The lowest BCUT2D eigenvalue weighted by molar-refractivity contribution is -0.134. The minimum absolute atomic E-state index is 0.219. The fourth-order valence-corrected chi connectivity index (χ4v) is 3.63. The highest BCUT2D eigenvalue weighted by Gasteiger charge is 2.49. The number of imide groups is 1. The summed E-state index contributed by atoms with van der Waals surface area (Å²) in [7, 11) is 3.08. The highest BCUT2D eigenvalue weighted by Crippen LogP contribution is 2.30. The molecule has 1 aliphatic rings. The molecule has 1 fully saturated rings. The molecule has 170 valence electrons. The average molecular weight is 440 g/mol. The molecule has 0 aromatic heterocycles. The van der Waals surface area contributed by atoms with E-state index in [1.54, 1.807) is 32.2 Å². The van der Waals surface area contributed by atoms with Crippen LogP contribution in [0.4, 0.5) is 4.79 Å². The normalized spacial score (nSPS) is 18.0. The Balaban J connectivity index is 1.65. The molecule has 1 atom stereocenters. The summed E-state index contributed by atoms with van der Waals surface area (Å²) >= 11 is 0. The van der Waals surface area contributed by atoms with Crippen molar-refractivity contribution in [2.24, 2.45) is 0 Å². The van der Waals surface area contributed by atoms with Crippen LogP contribution in [0.5, 0.6) is 11.5 Å². The van der Waals surface area contributed by atoms with Crippen LogP contribution in [0.3, 0.4) is 0 Å². The molecule has 3 rings (SSSR count). The third-order valence-electron chi connectivity index (χ3n) is 5.67. The number of hydrogen-bond donors (Lipinski definition) is 2. The van der Waals surface area contributed by atoms with Gasteiger partial charge in [0.25, 0.3) is 5.91 Å². The predicted octanol–water partition coefficient (Wildman–Crippen LogP) is 2.91. The molecule has 0 aliphatic carbocycles. The van der Waals surface area contributed by atoms with Crippen molar-refractivity contribution in [2.45, 2.75) is 38.8 Å². The second-order valence-electron chi connectivity index (χ2n) is 8.19. The Hall–Kier alpha value is -3.55. The lowest BCUT2D eigenvalue weighted by atomic mass is 9.90. The number of nitrogens with one attached hydrogen (secondary N) is 2. The van der Waals surface area contributed by atoms with Crippen LogP contribution in [-0.4, -0.2) is 43.5 Å². The third kappa shape index (κ3) is 4.54. The number of ether oxygens (including phenoxy) is 2. The van der Waals surface area contributed by atoms with Crippen LogP contribution in [-0.2, 0) is 21.7 Å². The first-order valence-corrected chi connectivity index (χ1v) is 10.4. The molecule has 32 heavy (non-hydrogen) atoms.